The molecule has 1 aliphatic rings. The topological polar surface area (TPSA) is 34.9 Å². The van der Waals surface area contributed by atoms with E-state index in [9.17, 15) is 4.79 Å². The van der Waals surface area contributed by atoms with Crippen molar-refractivity contribution in [2.24, 2.45) is 5.41 Å². The first-order chi connectivity index (χ1) is 11.0. The SMILES string of the molecule is CC1(C)CCc2cc3cc(-c4ccccn4)ccc3c(=O)n2C1. The molecule has 0 radical (unpaired) electrons. The molecule has 4 rings (SSSR count). The van der Waals surface area contributed by atoms with E-state index in [2.05, 4.69) is 31.0 Å². The van der Waals surface area contributed by atoms with Crippen LogP contribution in [0.3, 0.4) is 0 Å². The highest BCUT2D eigenvalue weighted by Gasteiger charge is 2.26. The van der Waals surface area contributed by atoms with Crippen LogP contribution < -0.4 is 5.56 Å². The Morgan fingerprint density at radius 1 is 1.13 bits per heavy atom. The lowest BCUT2D eigenvalue weighted by Gasteiger charge is -2.32. The number of rotatable bonds is 1. The molecular formula is C20H20N2O. The standard InChI is InChI=1S/C20H20N2O/c1-20(2)9-8-16-12-15-11-14(18-5-3-4-10-21-18)6-7-17(15)19(23)22(16)13-20/h3-7,10-12H,8-9,13H2,1-2H3. The molecule has 0 atom stereocenters. The monoisotopic (exact) mass is 304 g/mol. The van der Waals surface area contributed by atoms with Crippen molar-refractivity contribution < 1.29 is 0 Å². The van der Waals surface area contributed by atoms with E-state index in [4.69, 9.17) is 0 Å². The van der Waals surface area contributed by atoms with Crippen molar-refractivity contribution in [1.82, 2.24) is 9.55 Å². The first kappa shape index (κ1) is 14.2. The number of aromatic nitrogens is 2. The summed E-state index contributed by atoms with van der Waals surface area (Å²) in [4.78, 5) is 17.3. The van der Waals surface area contributed by atoms with Crippen molar-refractivity contribution >= 4 is 10.8 Å². The zero-order valence-electron chi connectivity index (χ0n) is 13.5. The van der Waals surface area contributed by atoms with E-state index in [0.29, 0.717) is 0 Å². The summed E-state index contributed by atoms with van der Waals surface area (Å²) in [6, 6.07) is 14.1. The number of pyridine rings is 2. The quantitative estimate of drug-likeness (QED) is 0.680. The van der Waals surface area contributed by atoms with Crippen LogP contribution in [0.25, 0.3) is 22.0 Å². The minimum atomic E-state index is 0.137. The fraction of sp³-hybridized carbons (Fsp3) is 0.300. The Morgan fingerprint density at radius 2 is 2.00 bits per heavy atom. The van der Waals surface area contributed by atoms with Gasteiger partial charge in [0.05, 0.1) is 5.69 Å². The van der Waals surface area contributed by atoms with Crippen LogP contribution in [-0.2, 0) is 13.0 Å². The molecular weight excluding hydrogens is 284 g/mol. The summed E-state index contributed by atoms with van der Waals surface area (Å²) in [6.07, 6.45) is 3.88. The van der Waals surface area contributed by atoms with E-state index < -0.39 is 0 Å². The van der Waals surface area contributed by atoms with E-state index in [0.717, 1.165) is 47.1 Å². The molecule has 1 aromatic carbocycles. The number of hydrogen-bond donors (Lipinski definition) is 0. The van der Waals surface area contributed by atoms with Gasteiger partial charge in [0.25, 0.3) is 5.56 Å². The maximum atomic E-state index is 12.9. The maximum absolute atomic E-state index is 12.9. The molecule has 23 heavy (non-hydrogen) atoms. The van der Waals surface area contributed by atoms with Gasteiger partial charge in [-0.15, -0.1) is 0 Å². The second kappa shape index (κ2) is 5.05. The summed E-state index contributed by atoms with van der Waals surface area (Å²) < 4.78 is 1.96. The van der Waals surface area contributed by atoms with Gasteiger partial charge in [-0.3, -0.25) is 9.78 Å². The van der Waals surface area contributed by atoms with Gasteiger partial charge >= 0.3 is 0 Å². The highest BCUT2D eigenvalue weighted by molar-refractivity contribution is 5.86. The summed E-state index contributed by atoms with van der Waals surface area (Å²) in [5, 5.41) is 1.82. The molecule has 0 fully saturated rings. The summed E-state index contributed by atoms with van der Waals surface area (Å²) in [7, 11) is 0. The molecule has 0 saturated heterocycles. The van der Waals surface area contributed by atoms with Crippen LogP contribution in [-0.4, -0.2) is 9.55 Å². The molecule has 3 aromatic rings. The Bertz CT molecular complexity index is 939. The van der Waals surface area contributed by atoms with Crippen molar-refractivity contribution in [3.63, 3.8) is 0 Å². The lowest BCUT2D eigenvalue weighted by atomic mass is 9.83. The largest absolute Gasteiger partial charge is 0.312 e. The Hall–Kier alpha value is -2.42. The lowest BCUT2D eigenvalue weighted by Crippen LogP contribution is -2.35. The fourth-order valence-electron chi connectivity index (χ4n) is 3.46. The van der Waals surface area contributed by atoms with E-state index in [1.54, 1.807) is 6.20 Å². The molecule has 1 aliphatic heterocycles. The van der Waals surface area contributed by atoms with Crippen molar-refractivity contribution in [2.75, 3.05) is 0 Å². The minimum Gasteiger partial charge on any atom is -0.312 e. The van der Waals surface area contributed by atoms with Gasteiger partial charge in [-0.1, -0.05) is 26.0 Å². The van der Waals surface area contributed by atoms with E-state index in [1.165, 1.54) is 0 Å². The Labute approximate surface area is 135 Å². The summed E-state index contributed by atoms with van der Waals surface area (Å²) >= 11 is 0. The van der Waals surface area contributed by atoms with Crippen LogP contribution in [0.2, 0.25) is 0 Å². The van der Waals surface area contributed by atoms with Gasteiger partial charge in [0.2, 0.25) is 0 Å². The molecule has 3 heterocycles. The third-order valence-electron chi connectivity index (χ3n) is 4.80. The van der Waals surface area contributed by atoms with Crippen molar-refractivity contribution in [3.05, 3.63) is 64.7 Å². The molecule has 2 aromatic heterocycles. The zero-order valence-corrected chi connectivity index (χ0v) is 13.5. The van der Waals surface area contributed by atoms with E-state index >= 15 is 0 Å². The molecule has 0 spiro atoms. The third kappa shape index (κ3) is 2.46. The van der Waals surface area contributed by atoms with Gasteiger partial charge in [0, 0.05) is 29.4 Å². The average molecular weight is 304 g/mol. The molecule has 0 unspecified atom stereocenters. The van der Waals surface area contributed by atoms with Gasteiger partial charge in [-0.2, -0.15) is 0 Å². The summed E-state index contributed by atoms with van der Waals surface area (Å²) in [5.74, 6) is 0. The van der Waals surface area contributed by atoms with Crippen LogP contribution >= 0.6 is 0 Å². The second-order valence-corrected chi connectivity index (χ2v) is 7.21. The van der Waals surface area contributed by atoms with E-state index in [1.807, 2.05) is 34.9 Å². The Kier molecular flexibility index (Phi) is 3.12. The number of aryl methyl sites for hydroxylation is 1. The van der Waals surface area contributed by atoms with Crippen LogP contribution in [0.1, 0.15) is 26.0 Å². The van der Waals surface area contributed by atoms with Gasteiger partial charge in [0.15, 0.2) is 0 Å². The molecule has 116 valence electrons. The van der Waals surface area contributed by atoms with Crippen LogP contribution in [0, 0.1) is 5.41 Å². The molecule has 0 saturated carbocycles. The van der Waals surface area contributed by atoms with Gasteiger partial charge in [-0.05, 0) is 54.0 Å². The molecule has 3 heteroatoms. The predicted octanol–water partition coefficient (Wildman–Crippen LogP) is 4.04. The molecule has 3 nitrogen and oxygen atoms in total. The first-order valence-electron chi connectivity index (χ1n) is 8.11. The lowest BCUT2D eigenvalue weighted by molar-refractivity contribution is 0.245. The Balaban J connectivity index is 1.90. The molecule has 0 bridgehead atoms. The number of fused-ring (bicyclic) bond motifs is 2. The number of nitrogens with zero attached hydrogens (tertiary/aromatic N) is 2. The summed E-state index contributed by atoms with van der Waals surface area (Å²) in [5.41, 5.74) is 3.48. The normalized spacial score (nSPS) is 16.3. The fourth-order valence-corrected chi connectivity index (χ4v) is 3.46. The van der Waals surface area contributed by atoms with Crippen molar-refractivity contribution in [2.45, 2.75) is 33.2 Å². The van der Waals surface area contributed by atoms with E-state index in [-0.39, 0.29) is 11.0 Å². The first-order valence-corrected chi connectivity index (χ1v) is 8.11. The van der Waals surface area contributed by atoms with Crippen LogP contribution in [0.5, 0.6) is 0 Å². The number of benzene rings is 1. The average Bonchev–Trinajstić information content (AvgIpc) is 2.56. The molecule has 0 amide bonds. The third-order valence-corrected chi connectivity index (χ3v) is 4.80. The predicted molar refractivity (Wildman–Crippen MR) is 93.5 cm³/mol. The minimum absolute atomic E-state index is 0.137. The van der Waals surface area contributed by atoms with Gasteiger partial charge in [-0.25, -0.2) is 0 Å². The molecule has 0 aliphatic carbocycles. The van der Waals surface area contributed by atoms with Gasteiger partial charge in [0.1, 0.15) is 0 Å². The Morgan fingerprint density at radius 3 is 2.78 bits per heavy atom. The van der Waals surface area contributed by atoms with Crippen LogP contribution in [0.4, 0.5) is 0 Å². The second-order valence-electron chi connectivity index (χ2n) is 7.21. The maximum Gasteiger partial charge on any atom is 0.258 e. The zero-order chi connectivity index (χ0) is 16.0. The van der Waals surface area contributed by atoms with Gasteiger partial charge < -0.3 is 4.57 Å². The summed E-state index contributed by atoms with van der Waals surface area (Å²) in [6.45, 7) is 5.27. The van der Waals surface area contributed by atoms with Crippen molar-refractivity contribution in [1.29, 1.82) is 0 Å². The highest BCUT2D eigenvalue weighted by atomic mass is 16.1. The smallest absolute Gasteiger partial charge is 0.258 e. The number of hydrogen-bond acceptors (Lipinski definition) is 2. The molecule has 0 N–H and O–H groups in total. The van der Waals surface area contributed by atoms with Crippen LogP contribution in [0.15, 0.2) is 53.5 Å². The highest BCUT2D eigenvalue weighted by Crippen LogP contribution is 2.31. The van der Waals surface area contributed by atoms with Crippen molar-refractivity contribution in [3.8, 4) is 11.3 Å².